The van der Waals surface area contributed by atoms with E-state index < -0.39 is 11.5 Å². The quantitative estimate of drug-likeness (QED) is 0.324. The van der Waals surface area contributed by atoms with E-state index in [1.54, 1.807) is 41.7 Å². The van der Waals surface area contributed by atoms with Crippen LogP contribution in [0.15, 0.2) is 78.0 Å². The first-order valence-electron chi connectivity index (χ1n) is 13.0. The van der Waals surface area contributed by atoms with Crippen molar-refractivity contribution in [1.29, 1.82) is 0 Å². The molecule has 1 N–H and O–H groups in total. The van der Waals surface area contributed by atoms with E-state index in [1.165, 1.54) is 4.90 Å². The first-order chi connectivity index (χ1) is 19.3. The zero-order valence-electron chi connectivity index (χ0n) is 22.1. The van der Waals surface area contributed by atoms with Crippen LogP contribution >= 0.6 is 0 Å². The molecular formula is C30H27N5O5. The van der Waals surface area contributed by atoms with E-state index in [0.29, 0.717) is 11.2 Å². The van der Waals surface area contributed by atoms with E-state index in [-0.39, 0.29) is 37.8 Å². The number of carbonyl (C=O) groups excluding carboxylic acids is 1. The molecule has 1 amide bonds. The standard InChI is InChI=1S/C30H27N5O5/c1-3-40-26(36)14-30(17-34(18-30)29(38)39)21-7-9-22(10-8-21)35-27-23-13-19(20-5-4-12-31-15-20)6-11-24(23)32-16-25(27)33(2)28(35)37/h4-13,15-16H,3,14,17-18H2,1-2H3,(H,38,39). The van der Waals surface area contributed by atoms with Gasteiger partial charge in [0.1, 0.15) is 0 Å². The third-order valence-electron chi connectivity index (χ3n) is 7.66. The Morgan fingerprint density at radius 1 is 1.05 bits per heavy atom. The molecule has 202 valence electrons. The van der Waals surface area contributed by atoms with Gasteiger partial charge in [-0.1, -0.05) is 24.3 Å². The van der Waals surface area contributed by atoms with Crippen LogP contribution in [0.4, 0.5) is 4.79 Å². The maximum atomic E-state index is 13.5. The summed E-state index contributed by atoms with van der Waals surface area (Å²) in [6.45, 7) is 2.39. The number of nitrogens with zero attached hydrogens (tertiary/aromatic N) is 5. The number of ether oxygens (including phenoxy) is 1. The number of rotatable bonds is 6. The van der Waals surface area contributed by atoms with Gasteiger partial charge in [0.2, 0.25) is 0 Å². The number of carboxylic acid groups (broad SMARTS) is 1. The maximum absolute atomic E-state index is 13.5. The van der Waals surface area contributed by atoms with Crippen molar-refractivity contribution in [3.8, 4) is 16.8 Å². The van der Waals surface area contributed by atoms with Gasteiger partial charge in [-0.25, -0.2) is 9.59 Å². The maximum Gasteiger partial charge on any atom is 0.407 e. The van der Waals surface area contributed by atoms with Gasteiger partial charge in [0.15, 0.2) is 0 Å². The van der Waals surface area contributed by atoms with Crippen LogP contribution < -0.4 is 5.69 Å². The van der Waals surface area contributed by atoms with E-state index in [1.807, 2.05) is 54.6 Å². The average molecular weight is 538 g/mol. The van der Waals surface area contributed by atoms with Crippen LogP contribution in [0.1, 0.15) is 18.9 Å². The normalized spacial score (nSPS) is 14.3. The minimum Gasteiger partial charge on any atom is -0.466 e. The predicted molar refractivity (Wildman–Crippen MR) is 150 cm³/mol. The smallest absolute Gasteiger partial charge is 0.407 e. The lowest BCUT2D eigenvalue weighted by Crippen LogP contribution is -2.61. The number of likely N-dealkylation sites (tertiary alicyclic amines) is 1. The fraction of sp³-hybridized carbons (Fsp3) is 0.233. The Kier molecular flexibility index (Phi) is 6.10. The highest BCUT2D eigenvalue weighted by molar-refractivity contribution is 6.04. The molecule has 0 aliphatic carbocycles. The molecule has 1 fully saturated rings. The number of carbonyl (C=O) groups is 2. The van der Waals surface area contributed by atoms with Gasteiger partial charge in [0, 0.05) is 48.9 Å². The molecule has 10 heteroatoms. The Hall–Kier alpha value is -4.99. The van der Waals surface area contributed by atoms with Crippen LogP contribution in [0.3, 0.4) is 0 Å². The molecule has 0 spiro atoms. The van der Waals surface area contributed by atoms with Crippen molar-refractivity contribution in [1.82, 2.24) is 24.0 Å². The monoisotopic (exact) mass is 537 g/mol. The minimum absolute atomic E-state index is 0.0750. The van der Waals surface area contributed by atoms with Crippen molar-refractivity contribution in [3.63, 3.8) is 0 Å². The number of imidazole rings is 1. The Morgan fingerprint density at radius 2 is 1.82 bits per heavy atom. The molecule has 6 rings (SSSR count). The van der Waals surface area contributed by atoms with Crippen molar-refractivity contribution in [3.05, 3.63) is 89.2 Å². The Balaban J connectivity index is 1.46. The molecule has 10 nitrogen and oxygen atoms in total. The molecule has 2 aromatic carbocycles. The van der Waals surface area contributed by atoms with Crippen molar-refractivity contribution in [2.45, 2.75) is 18.8 Å². The lowest BCUT2D eigenvalue weighted by atomic mass is 9.71. The summed E-state index contributed by atoms with van der Waals surface area (Å²) in [5.41, 5.74) is 4.68. The average Bonchev–Trinajstić information content (AvgIpc) is 3.20. The van der Waals surface area contributed by atoms with Gasteiger partial charge < -0.3 is 14.7 Å². The molecule has 0 radical (unpaired) electrons. The van der Waals surface area contributed by atoms with Gasteiger partial charge >= 0.3 is 17.8 Å². The number of aryl methyl sites for hydroxylation is 1. The number of amides is 1. The molecular weight excluding hydrogens is 510 g/mol. The fourth-order valence-electron chi connectivity index (χ4n) is 5.62. The van der Waals surface area contributed by atoms with E-state index in [2.05, 4.69) is 9.97 Å². The molecule has 4 heterocycles. The topological polar surface area (TPSA) is 120 Å². The van der Waals surface area contributed by atoms with E-state index in [4.69, 9.17) is 4.74 Å². The SMILES string of the molecule is CCOC(=O)CC1(c2ccc(-n3c(=O)n(C)c4cnc5ccc(-c6cccnc6)cc5c43)cc2)CN(C(=O)O)C1. The van der Waals surface area contributed by atoms with Crippen molar-refractivity contribution >= 4 is 34.0 Å². The lowest BCUT2D eigenvalue weighted by Gasteiger charge is -2.48. The second-order valence-electron chi connectivity index (χ2n) is 10.1. The summed E-state index contributed by atoms with van der Waals surface area (Å²) in [4.78, 5) is 47.5. The molecule has 40 heavy (non-hydrogen) atoms. The van der Waals surface area contributed by atoms with Gasteiger partial charge in [0.25, 0.3) is 0 Å². The summed E-state index contributed by atoms with van der Waals surface area (Å²) >= 11 is 0. The van der Waals surface area contributed by atoms with Crippen LogP contribution in [0.5, 0.6) is 0 Å². The summed E-state index contributed by atoms with van der Waals surface area (Å²) in [5.74, 6) is -0.370. The second-order valence-corrected chi connectivity index (χ2v) is 10.1. The Bertz CT molecular complexity index is 1820. The number of fused-ring (bicyclic) bond motifs is 3. The number of esters is 1. The third-order valence-corrected chi connectivity index (χ3v) is 7.66. The summed E-state index contributed by atoms with van der Waals surface area (Å²) in [6.07, 6.45) is 4.28. The minimum atomic E-state index is -1.02. The van der Waals surface area contributed by atoms with Crippen LogP contribution in [-0.2, 0) is 22.0 Å². The first kappa shape index (κ1) is 25.3. The zero-order valence-corrected chi connectivity index (χ0v) is 22.1. The summed E-state index contributed by atoms with van der Waals surface area (Å²) in [7, 11) is 1.72. The summed E-state index contributed by atoms with van der Waals surface area (Å²) in [5, 5.41) is 10.2. The molecule has 0 saturated carbocycles. The number of aromatic nitrogens is 4. The first-order valence-corrected chi connectivity index (χ1v) is 13.0. The molecule has 5 aromatic rings. The second kappa shape index (κ2) is 9.64. The Labute approximate surface area is 229 Å². The highest BCUT2D eigenvalue weighted by atomic mass is 16.5. The van der Waals surface area contributed by atoms with Crippen LogP contribution in [0.2, 0.25) is 0 Å². The van der Waals surface area contributed by atoms with E-state index in [9.17, 15) is 19.5 Å². The van der Waals surface area contributed by atoms with Gasteiger partial charge in [-0.05, 0) is 48.4 Å². The summed E-state index contributed by atoms with van der Waals surface area (Å²) < 4.78 is 8.41. The number of pyridine rings is 2. The predicted octanol–water partition coefficient (Wildman–Crippen LogP) is 4.12. The van der Waals surface area contributed by atoms with Gasteiger partial charge in [0.05, 0.1) is 41.5 Å². The molecule has 0 unspecified atom stereocenters. The largest absolute Gasteiger partial charge is 0.466 e. The molecule has 3 aromatic heterocycles. The third kappa shape index (κ3) is 4.08. The van der Waals surface area contributed by atoms with Crippen LogP contribution in [0.25, 0.3) is 38.8 Å². The molecule has 1 saturated heterocycles. The summed E-state index contributed by atoms with van der Waals surface area (Å²) in [6, 6.07) is 17.2. The van der Waals surface area contributed by atoms with Crippen LogP contribution in [-0.4, -0.2) is 60.9 Å². The molecule has 0 atom stereocenters. The van der Waals surface area contributed by atoms with Crippen molar-refractivity contribution < 1.29 is 19.4 Å². The lowest BCUT2D eigenvalue weighted by molar-refractivity contribution is -0.146. The van der Waals surface area contributed by atoms with Gasteiger partial charge in [-0.2, -0.15) is 0 Å². The molecule has 0 bridgehead atoms. The van der Waals surface area contributed by atoms with Crippen molar-refractivity contribution in [2.75, 3.05) is 19.7 Å². The highest BCUT2D eigenvalue weighted by Crippen LogP contribution is 2.39. The highest BCUT2D eigenvalue weighted by Gasteiger charge is 2.48. The number of hydrogen-bond acceptors (Lipinski definition) is 6. The van der Waals surface area contributed by atoms with Crippen molar-refractivity contribution in [2.24, 2.45) is 7.05 Å². The molecule has 1 aliphatic heterocycles. The van der Waals surface area contributed by atoms with E-state index >= 15 is 0 Å². The van der Waals surface area contributed by atoms with E-state index in [0.717, 1.165) is 33.1 Å². The zero-order chi connectivity index (χ0) is 28.0. The number of hydrogen-bond donors (Lipinski definition) is 1. The Morgan fingerprint density at radius 3 is 2.50 bits per heavy atom. The molecule has 1 aliphatic rings. The van der Waals surface area contributed by atoms with Crippen LogP contribution in [0, 0.1) is 0 Å². The van der Waals surface area contributed by atoms with Gasteiger partial charge in [-0.15, -0.1) is 0 Å². The van der Waals surface area contributed by atoms with Gasteiger partial charge in [-0.3, -0.25) is 23.9 Å². The fourth-order valence-corrected chi connectivity index (χ4v) is 5.62. The number of benzene rings is 2.